The monoisotopic (exact) mass is 112 g/mol. The topological polar surface area (TPSA) is 12.0 Å². The molecule has 1 saturated heterocycles. The fraction of sp³-hybridized carbons (Fsp3) is 0.857. The third kappa shape index (κ3) is 1.48. The van der Waals surface area contributed by atoms with Crippen LogP contribution in [0, 0.1) is 12.3 Å². The highest BCUT2D eigenvalue weighted by Crippen LogP contribution is 2.10. The van der Waals surface area contributed by atoms with Gasteiger partial charge in [-0.25, -0.2) is 0 Å². The van der Waals surface area contributed by atoms with Gasteiger partial charge in [-0.05, 0) is 31.8 Å². The van der Waals surface area contributed by atoms with E-state index in [9.17, 15) is 0 Å². The van der Waals surface area contributed by atoms with Gasteiger partial charge in [0.25, 0.3) is 0 Å². The molecule has 0 aromatic heterocycles. The summed E-state index contributed by atoms with van der Waals surface area (Å²) in [5.41, 5.74) is 0. The lowest BCUT2D eigenvalue weighted by Crippen LogP contribution is -2.29. The molecule has 1 radical (unpaired) electrons. The minimum absolute atomic E-state index is 0.851. The lowest BCUT2D eigenvalue weighted by molar-refractivity contribution is 0.454. The summed E-state index contributed by atoms with van der Waals surface area (Å²) in [5.74, 6) is 0.851. The number of rotatable bonds is 1. The molecule has 1 N–H and O–H groups in total. The van der Waals surface area contributed by atoms with Crippen molar-refractivity contribution in [1.82, 2.24) is 5.32 Å². The van der Waals surface area contributed by atoms with Crippen molar-refractivity contribution in [3.63, 3.8) is 0 Å². The molecule has 1 aliphatic heterocycles. The van der Waals surface area contributed by atoms with E-state index < -0.39 is 0 Å². The lowest BCUT2D eigenvalue weighted by Gasteiger charge is -2.20. The van der Waals surface area contributed by atoms with Crippen molar-refractivity contribution in [2.45, 2.75) is 19.8 Å². The first kappa shape index (κ1) is 6.09. The maximum absolute atomic E-state index is 3.35. The molecule has 0 bridgehead atoms. The second-order valence-electron chi connectivity index (χ2n) is 2.40. The maximum Gasteiger partial charge on any atom is -0.00179 e. The van der Waals surface area contributed by atoms with Crippen molar-refractivity contribution in [2.24, 2.45) is 5.92 Å². The number of nitrogens with one attached hydrogen (secondary N) is 1. The normalized spacial score (nSPS) is 30.4. The van der Waals surface area contributed by atoms with Crippen molar-refractivity contribution < 1.29 is 0 Å². The molecule has 0 spiro atoms. The fourth-order valence-corrected chi connectivity index (χ4v) is 1.10. The Balaban J connectivity index is 2.13. The van der Waals surface area contributed by atoms with Crippen LogP contribution in [0.4, 0.5) is 0 Å². The summed E-state index contributed by atoms with van der Waals surface area (Å²) < 4.78 is 0. The molecule has 1 fully saturated rings. The van der Waals surface area contributed by atoms with Gasteiger partial charge in [-0.3, -0.25) is 0 Å². The minimum Gasteiger partial charge on any atom is -0.316 e. The molecule has 1 unspecified atom stereocenters. The molecule has 0 aliphatic carbocycles. The summed E-state index contributed by atoms with van der Waals surface area (Å²) in [5, 5.41) is 3.35. The highest BCUT2D eigenvalue weighted by molar-refractivity contribution is 4.82. The van der Waals surface area contributed by atoms with Gasteiger partial charge >= 0.3 is 0 Å². The van der Waals surface area contributed by atoms with Gasteiger partial charge in [0.1, 0.15) is 0 Å². The van der Waals surface area contributed by atoms with Crippen molar-refractivity contribution in [2.75, 3.05) is 13.1 Å². The second kappa shape index (κ2) is 3.08. The van der Waals surface area contributed by atoms with Gasteiger partial charge in [0.2, 0.25) is 0 Å². The van der Waals surface area contributed by atoms with E-state index in [0.29, 0.717) is 0 Å². The molecule has 0 aromatic carbocycles. The van der Waals surface area contributed by atoms with Crippen LogP contribution in [0.15, 0.2) is 0 Å². The SMILES string of the molecule is CCC1[CH]CCNC1. The first-order valence-electron chi connectivity index (χ1n) is 3.47. The Bertz CT molecular complexity index is 55.4. The summed E-state index contributed by atoms with van der Waals surface area (Å²) in [6, 6.07) is 0. The quantitative estimate of drug-likeness (QED) is 0.537. The zero-order valence-electron chi connectivity index (χ0n) is 5.48. The predicted molar refractivity (Wildman–Crippen MR) is 35.6 cm³/mol. The van der Waals surface area contributed by atoms with Crippen LogP contribution in [0.3, 0.4) is 0 Å². The Morgan fingerprint density at radius 1 is 1.75 bits per heavy atom. The standard InChI is InChI=1S/C7H14N/c1-2-7-4-3-5-8-6-7/h4,7-8H,2-3,5-6H2,1H3. The summed E-state index contributed by atoms with van der Waals surface area (Å²) >= 11 is 0. The van der Waals surface area contributed by atoms with Crippen LogP contribution in [0.1, 0.15) is 19.8 Å². The van der Waals surface area contributed by atoms with Crippen LogP contribution in [-0.2, 0) is 0 Å². The summed E-state index contributed by atoms with van der Waals surface area (Å²) in [6.07, 6.45) is 4.99. The fourth-order valence-electron chi connectivity index (χ4n) is 1.10. The van der Waals surface area contributed by atoms with E-state index in [4.69, 9.17) is 0 Å². The van der Waals surface area contributed by atoms with Gasteiger partial charge in [-0.15, -0.1) is 0 Å². The van der Waals surface area contributed by atoms with Crippen LogP contribution in [0.2, 0.25) is 0 Å². The molecular formula is C7H14N. The van der Waals surface area contributed by atoms with Crippen molar-refractivity contribution >= 4 is 0 Å². The molecule has 47 valence electrons. The van der Waals surface area contributed by atoms with Gasteiger partial charge in [0.05, 0.1) is 0 Å². The average Bonchev–Trinajstić information content (AvgIpc) is 1.90. The summed E-state index contributed by atoms with van der Waals surface area (Å²) in [4.78, 5) is 0. The largest absolute Gasteiger partial charge is 0.316 e. The Labute approximate surface area is 51.5 Å². The Kier molecular flexibility index (Phi) is 2.34. The van der Waals surface area contributed by atoms with Gasteiger partial charge in [-0.1, -0.05) is 13.3 Å². The van der Waals surface area contributed by atoms with Gasteiger partial charge in [0, 0.05) is 0 Å². The van der Waals surface area contributed by atoms with Crippen molar-refractivity contribution in [3.8, 4) is 0 Å². The van der Waals surface area contributed by atoms with Gasteiger partial charge < -0.3 is 5.32 Å². The highest BCUT2D eigenvalue weighted by Gasteiger charge is 2.09. The molecular weight excluding hydrogens is 98.1 g/mol. The van der Waals surface area contributed by atoms with E-state index >= 15 is 0 Å². The van der Waals surface area contributed by atoms with E-state index in [1.54, 1.807) is 0 Å². The van der Waals surface area contributed by atoms with Crippen LogP contribution in [-0.4, -0.2) is 13.1 Å². The third-order valence-electron chi connectivity index (χ3n) is 1.75. The van der Waals surface area contributed by atoms with Crippen molar-refractivity contribution in [3.05, 3.63) is 6.42 Å². The first-order chi connectivity index (χ1) is 3.93. The number of piperidine rings is 1. The van der Waals surface area contributed by atoms with E-state index in [-0.39, 0.29) is 0 Å². The van der Waals surface area contributed by atoms with Crippen LogP contribution >= 0.6 is 0 Å². The molecule has 0 aromatic rings. The molecule has 1 rings (SSSR count). The zero-order chi connectivity index (χ0) is 5.82. The van der Waals surface area contributed by atoms with Crippen LogP contribution in [0.25, 0.3) is 0 Å². The second-order valence-corrected chi connectivity index (χ2v) is 2.40. The minimum atomic E-state index is 0.851. The lowest BCUT2D eigenvalue weighted by atomic mass is 9.97. The molecule has 0 amide bonds. The van der Waals surface area contributed by atoms with E-state index in [2.05, 4.69) is 18.7 Å². The molecule has 1 heteroatoms. The maximum atomic E-state index is 3.35. The zero-order valence-corrected chi connectivity index (χ0v) is 5.48. The Morgan fingerprint density at radius 3 is 3.00 bits per heavy atom. The van der Waals surface area contributed by atoms with Crippen molar-refractivity contribution in [1.29, 1.82) is 0 Å². The molecule has 1 nitrogen and oxygen atoms in total. The van der Waals surface area contributed by atoms with E-state index in [1.807, 2.05) is 0 Å². The average molecular weight is 112 g/mol. The Hall–Kier alpha value is -0.0400. The smallest absolute Gasteiger partial charge is 0.00179 e. The van der Waals surface area contributed by atoms with Crippen LogP contribution in [0.5, 0.6) is 0 Å². The summed E-state index contributed by atoms with van der Waals surface area (Å²) in [7, 11) is 0. The Morgan fingerprint density at radius 2 is 2.62 bits per heavy atom. The van der Waals surface area contributed by atoms with E-state index in [0.717, 1.165) is 5.92 Å². The first-order valence-corrected chi connectivity index (χ1v) is 3.47. The van der Waals surface area contributed by atoms with Crippen LogP contribution < -0.4 is 5.32 Å². The highest BCUT2D eigenvalue weighted by atomic mass is 14.9. The molecule has 1 aliphatic rings. The number of hydrogen-bond donors (Lipinski definition) is 1. The molecule has 1 atom stereocenters. The molecule has 8 heavy (non-hydrogen) atoms. The summed E-state index contributed by atoms with van der Waals surface area (Å²) in [6.45, 7) is 4.64. The van der Waals surface area contributed by atoms with Gasteiger partial charge in [-0.2, -0.15) is 0 Å². The molecule has 1 heterocycles. The van der Waals surface area contributed by atoms with Gasteiger partial charge in [0.15, 0.2) is 0 Å². The van der Waals surface area contributed by atoms with E-state index in [1.165, 1.54) is 25.9 Å². The predicted octanol–water partition coefficient (Wildman–Crippen LogP) is 1.21. The molecule has 0 saturated carbocycles. The number of hydrogen-bond acceptors (Lipinski definition) is 1. The third-order valence-corrected chi connectivity index (χ3v) is 1.75.